The zero-order valence-corrected chi connectivity index (χ0v) is 19.0. The molecule has 9 heteroatoms. The first-order chi connectivity index (χ1) is 15.5. The maximum Gasteiger partial charge on any atom is 0.254 e. The minimum Gasteiger partial charge on any atom is -0.336 e. The summed E-state index contributed by atoms with van der Waals surface area (Å²) >= 11 is 0. The fraction of sp³-hybridized carbons (Fsp3) is 0.609. The number of hydrogen-bond acceptors (Lipinski definition) is 5. The zero-order valence-electron chi connectivity index (χ0n) is 19.0. The Bertz CT molecular complexity index is 1040. The third-order valence-corrected chi connectivity index (χ3v) is 6.51. The van der Waals surface area contributed by atoms with Crippen LogP contribution in [0.4, 0.5) is 0 Å². The molecule has 32 heavy (non-hydrogen) atoms. The van der Waals surface area contributed by atoms with Crippen LogP contribution in [0.3, 0.4) is 0 Å². The number of rotatable bonds is 6. The maximum absolute atomic E-state index is 13.1. The summed E-state index contributed by atoms with van der Waals surface area (Å²) in [5.41, 5.74) is 2.22. The standard InChI is InChI=1S/C23H32N6O3/c1-3-6-20(30)27-13-9-17-18(15-27)25-22(26-23(17)32)19-7-4-5-12-28(19)21(31)10-14-29-16(2)8-11-24-29/h8,11,19H,3-7,9-10,12-15H2,1-2H3,(H,25,26,32). The second-order valence-electron chi connectivity index (χ2n) is 8.74. The number of fused-ring (bicyclic) bond motifs is 1. The summed E-state index contributed by atoms with van der Waals surface area (Å²) in [6, 6.07) is 1.68. The Hall–Kier alpha value is -2.97. The largest absolute Gasteiger partial charge is 0.336 e. The van der Waals surface area contributed by atoms with E-state index in [-0.39, 0.29) is 23.4 Å². The van der Waals surface area contributed by atoms with Gasteiger partial charge in [0.2, 0.25) is 11.8 Å². The summed E-state index contributed by atoms with van der Waals surface area (Å²) in [5.74, 6) is 0.691. The van der Waals surface area contributed by atoms with Crippen LogP contribution in [0.15, 0.2) is 17.1 Å². The lowest BCUT2D eigenvalue weighted by molar-refractivity contribution is -0.135. The number of nitrogens with zero attached hydrogens (tertiary/aromatic N) is 5. The van der Waals surface area contributed by atoms with E-state index in [1.165, 1.54) is 0 Å². The average Bonchev–Trinajstić information content (AvgIpc) is 3.21. The van der Waals surface area contributed by atoms with Crippen LogP contribution < -0.4 is 5.56 Å². The van der Waals surface area contributed by atoms with Crippen LogP contribution in [0.5, 0.6) is 0 Å². The molecular formula is C23H32N6O3. The summed E-state index contributed by atoms with van der Waals surface area (Å²) in [6.45, 7) is 6.06. The van der Waals surface area contributed by atoms with Gasteiger partial charge in [0.1, 0.15) is 5.82 Å². The molecule has 1 saturated heterocycles. The molecule has 0 aromatic carbocycles. The first kappa shape index (κ1) is 22.2. The van der Waals surface area contributed by atoms with E-state index in [1.54, 1.807) is 11.1 Å². The lowest BCUT2D eigenvalue weighted by Gasteiger charge is -2.36. The van der Waals surface area contributed by atoms with Gasteiger partial charge in [0.25, 0.3) is 5.56 Å². The topological polar surface area (TPSA) is 104 Å². The van der Waals surface area contributed by atoms with Crippen molar-refractivity contribution in [3.8, 4) is 0 Å². The van der Waals surface area contributed by atoms with Crippen molar-refractivity contribution in [2.24, 2.45) is 0 Å². The molecule has 1 N–H and O–H groups in total. The van der Waals surface area contributed by atoms with E-state index in [0.717, 1.165) is 31.4 Å². The molecule has 2 aromatic rings. The van der Waals surface area contributed by atoms with Gasteiger partial charge in [-0.05, 0) is 45.1 Å². The summed E-state index contributed by atoms with van der Waals surface area (Å²) in [7, 11) is 0. The van der Waals surface area contributed by atoms with Gasteiger partial charge in [0.15, 0.2) is 0 Å². The molecule has 4 rings (SSSR count). The predicted octanol–water partition coefficient (Wildman–Crippen LogP) is 2.10. The van der Waals surface area contributed by atoms with Crippen molar-refractivity contribution in [3.63, 3.8) is 0 Å². The molecule has 2 aliphatic heterocycles. The third-order valence-electron chi connectivity index (χ3n) is 6.51. The predicted molar refractivity (Wildman–Crippen MR) is 119 cm³/mol. The number of hydrogen-bond donors (Lipinski definition) is 1. The number of carbonyl (C=O) groups excluding carboxylic acids is 2. The van der Waals surface area contributed by atoms with E-state index >= 15 is 0 Å². The van der Waals surface area contributed by atoms with Crippen LogP contribution >= 0.6 is 0 Å². The van der Waals surface area contributed by atoms with E-state index < -0.39 is 0 Å². The number of likely N-dealkylation sites (tertiary alicyclic amines) is 1. The van der Waals surface area contributed by atoms with Crippen LogP contribution in [0.25, 0.3) is 0 Å². The summed E-state index contributed by atoms with van der Waals surface area (Å²) in [4.78, 5) is 49.7. The van der Waals surface area contributed by atoms with Crippen molar-refractivity contribution in [2.45, 2.75) is 77.9 Å². The van der Waals surface area contributed by atoms with E-state index in [4.69, 9.17) is 4.98 Å². The van der Waals surface area contributed by atoms with Crippen molar-refractivity contribution in [3.05, 3.63) is 45.4 Å². The summed E-state index contributed by atoms with van der Waals surface area (Å²) in [6.07, 6.45) is 6.61. The number of nitrogens with one attached hydrogen (secondary N) is 1. The van der Waals surface area contributed by atoms with Gasteiger partial charge in [-0.1, -0.05) is 6.92 Å². The van der Waals surface area contributed by atoms with Crippen molar-refractivity contribution in [1.29, 1.82) is 0 Å². The summed E-state index contributed by atoms with van der Waals surface area (Å²) < 4.78 is 1.83. The number of H-pyrrole nitrogens is 1. The van der Waals surface area contributed by atoms with E-state index in [9.17, 15) is 14.4 Å². The highest BCUT2D eigenvalue weighted by Gasteiger charge is 2.31. The van der Waals surface area contributed by atoms with Crippen molar-refractivity contribution < 1.29 is 9.59 Å². The van der Waals surface area contributed by atoms with Crippen molar-refractivity contribution in [1.82, 2.24) is 29.5 Å². The highest BCUT2D eigenvalue weighted by molar-refractivity contribution is 5.77. The molecule has 2 aromatic heterocycles. The van der Waals surface area contributed by atoms with Gasteiger partial charge in [-0.3, -0.25) is 19.1 Å². The highest BCUT2D eigenvalue weighted by Crippen LogP contribution is 2.30. The van der Waals surface area contributed by atoms with E-state index in [2.05, 4.69) is 10.1 Å². The average molecular weight is 441 g/mol. The highest BCUT2D eigenvalue weighted by atomic mass is 16.2. The fourth-order valence-electron chi connectivity index (χ4n) is 4.69. The molecule has 0 saturated carbocycles. The van der Waals surface area contributed by atoms with Crippen LogP contribution in [0, 0.1) is 6.92 Å². The second kappa shape index (κ2) is 9.67. The second-order valence-corrected chi connectivity index (χ2v) is 8.74. The first-order valence-electron chi connectivity index (χ1n) is 11.7. The number of aromatic nitrogens is 4. The van der Waals surface area contributed by atoms with Crippen LogP contribution in [-0.2, 0) is 29.1 Å². The molecule has 1 unspecified atom stereocenters. The maximum atomic E-state index is 13.1. The van der Waals surface area contributed by atoms with E-state index in [0.29, 0.717) is 62.5 Å². The molecule has 0 radical (unpaired) electrons. The molecule has 0 aliphatic carbocycles. The fourth-order valence-corrected chi connectivity index (χ4v) is 4.69. The molecule has 4 heterocycles. The third kappa shape index (κ3) is 4.61. The monoisotopic (exact) mass is 440 g/mol. The molecule has 1 atom stereocenters. The molecule has 0 spiro atoms. The van der Waals surface area contributed by atoms with Gasteiger partial charge in [-0.15, -0.1) is 0 Å². The van der Waals surface area contributed by atoms with Crippen LogP contribution in [0.2, 0.25) is 0 Å². The molecule has 1 fully saturated rings. The Morgan fingerprint density at radius 1 is 1.19 bits per heavy atom. The van der Waals surface area contributed by atoms with Gasteiger partial charge >= 0.3 is 0 Å². The molecule has 2 aliphatic rings. The van der Waals surface area contributed by atoms with Gasteiger partial charge in [0.05, 0.1) is 18.3 Å². The number of aryl methyl sites for hydroxylation is 2. The number of aromatic amines is 1. The Kier molecular flexibility index (Phi) is 6.72. The number of piperidine rings is 1. The first-order valence-corrected chi connectivity index (χ1v) is 11.7. The van der Waals surface area contributed by atoms with Crippen LogP contribution in [-0.4, -0.2) is 54.5 Å². The van der Waals surface area contributed by atoms with Gasteiger partial charge in [-0.2, -0.15) is 5.10 Å². The molecule has 9 nitrogen and oxygen atoms in total. The summed E-state index contributed by atoms with van der Waals surface area (Å²) in [5, 5.41) is 4.26. The van der Waals surface area contributed by atoms with E-state index in [1.807, 2.05) is 29.5 Å². The minimum absolute atomic E-state index is 0.0460. The Morgan fingerprint density at radius 2 is 2.03 bits per heavy atom. The quantitative estimate of drug-likeness (QED) is 0.741. The molecule has 2 amide bonds. The number of amides is 2. The van der Waals surface area contributed by atoms with Crippen LogP contribution in [0.1, 0.15) is 74.3 Å². The Labute approximate surface area is 187 Å². The van der Waals surface area contributed by atoms with Gasteiger partial charge in [-0.25, -0.2) is 4.98 Å². The van der Waals surface area contributed by atoms with Gasteiger partial charge in [0, 0.05) is 49.9 Å². The molecular weight excluding hydrogens is 408 g/mol. The molecule has 172 valence electrons. The van der Waals surface area contributed by atoms with Gasteiger partial charge < -0.3 is 14.8 Å². The number of carbonyl (C=O) groups is 2. The van der Waals surface area contributed by atoms with Crippen molar-refractivity contribution >= 4 is 11.8 Å². The lowest BCUT2D eigenvalue weighted by atomic mass is 9.99. The lowest BCUT2D eigenvalue weighted by Crippen LogP contribution is -2.42. The zero-order chi connectivity index (χ0) is 22.7. The minimum atomic E-state index is -0.241. The normalized spacial score (nSPS) is 18.5. The smallest absolute Gasteiger partial charge is 0.254 e. The SMILES string of the molecule is CCCC(=O)N1CCc2c(nc(C3CCCCN3C(=O)CCn3nccc3C)[nH]c2=O)C1. The Balaban J connectivity index is 1.53. The Morgan fingerprint density at radius 3 is 2.78 bits per heavy atom. The van der Waals surface area contributed by atoms with Crippen molar-refractivity contribution in [2.75, 3.05) is 13.1 Å². The molecule has 0 bridgehead atoms.